The third-order valence-electron chi connectivity index (χ3n) is 2.49. The number of piperidine rings is 1. The molecule has 11 heavy (non-hydrogen) atoms. The minimum absolute atomic E-state index is 0.462. The molecule has 0 aromatic heterocycles. The third-order valence-corrected chi connectivity index (χ3v) is 2.49. The predicted molar refractivity (Wildman–Crippen MR) is 45.7 cm³/mol. The van der Waals surface area contributed by atoms with Crippen LogP contribution in [0.3, 0.4) is 0 Å². The van der Waals surface area contributed by atoms with Crippen LogP contribution in [0.5, 0.6) is 0 Å². The summed E-state index contributed by atoms with van der Waals surface area (Å²) >= 11 is 0. The van der Waals surface area contributed by atoms with Crippen molar-refractivity contribution in [3.05, 3.63) is 0 Å². The lowest BCUT2D eigenvalue weighted by molar-refractivity contribution is -0.143. The average molecular weight is 157 g/mol. The normalized spacial score (nSPS) is 27.3. The Morgan fingerprint density at radius 2 is 2.27 bits per heavy atom. The lowest BCUT2D eigenvalue weighted by atomic mass is 9.99. The molecule has 0 saturated carbocycles. The molecule has 0 spiro atoms. The molecular weight excluding hydrogens is 138 g/mol. The van der Waals surface area contributed by atoms with Crippen molar-refractivity contribution >= 4 is 0 Å². The van der Waals surface area contributed by atoms with E-state index in [-0.39, 0.29) is 0 Å². The number of hydroxylamine groups is 2. The molecule has 2 nitrogen and oxygen atoms in total. The smallest absolute Gasteiger partial charge is 0.0350 e. The van der Waals surface area contributed by atoms with Gasteiger partial charge in [0.05, 0.1) is 0 Å². The Balaban J connectivity index is 2.18. The van der Waals surface area contributed by atoms with Gasteiger partial charge in [-0.05, 0) is 19.3 Å². The van der Waals surface area contributed by atoms with Gasteiger partial charge in [-0.2, -0.15) is 5.06 Å². The van der Waals surface area contributed by atoms with Gasteiger partial charge in [-0.3, -0.25) is 0 Å². The van der Waals surface area contributed by atoms with Gasteiger partial charge in [0.15, 0.2) is 0 Å². The zero-order valence-electron chi connectivity index (χ0n) is 7.42. The maximum Gasteiger partial charge on any atom is 0.0350 e. The van der Waals surface area contributed by atoms with Gasteiger partial charge < -0.3 is 5.21 Å². The molecule has 1 fully saturated rings. The topological polar surface area (TPSA) is 23.5 Å². The zero-order chi connectivity index (χ0) is 8.10. The van der Waals surface area contributed by atoms with E-state index in [2.05, 4.69) is 6.92 Å². The number of hydrogen-bond donors (Lipinski definition) is 1. The summed E-state index contributed by atoms with van der Waals surface area (Å²) in [7, 11) is 0. The van der Waals surface area contributed by atoms with Crippen LogP contribution in [0.1, 0.15) is 45.4 Å². The Morgan fingerprint density at radius 3 is 2.91 bits per heavy atom. The van der Waals surface area contributed by atoms with Crippen molar-refractivity contribution in [3.8, 4) is 0 Å². The maximum atomic E-state index is 9.43. The first-order valence-electron chi connectivity index (χ1n) is 4.80. The predicted octanol–water partition coefficient (Wildman–Crippen LogP) is 2.42. The molecule has 1 aliphatic heterocycles. The molecule has 1 heterocycles. The SMILES string of the molecule is CCCCC1CCCCN1O. The van der Waals surface area contributed by atoms with Crippen LogP contribution in [0, 0.1) is 0 Å². The molecule has 1 unspecified atom stereocenters. The molecule has 1 aliphatic rings. The first kappa shape index (κ1) is 9.01. The van der Waals surface area contributed by atoms with Crippen LogP contribution in [-0.2, 0) is 0 Å². The minimum Gasteiger partial charge on any atom is -0.314 e. The second-order valence-corrected chi connectivity index (χ2v) is 3.45. The van der Waals surface area contributed by atoms with E-state index in [0.29, 0.717) is 6.04 Å². The van der Waals surface area contributed by atoms with Crippen LogP contribution in [0.25, 0.3) is 0 Å². The second kappa shape index (κ2) is 4.73. The van der Waals surface area contributed by atoms with E-state index in [0.717, 1.165) is 6.54 Å². The van der Waals surface area contributed by atoms with Crippen molar-refractivity contribution in [1.29, 1.82) is 0 Å². The van der Waals surface area contributed by atoms with Crippen molar-refractivity contribution in [1.82, 2.24) is 5.06 Å². The van der Waals surface area contributed by atoms with Crippen LogP contribution in [0.15, 0.2) is 0 Å². The number of hydrogen-bond acceptors (Lipinski definition) is 2. The molecule has 2 heteroatoms. The zero-order valence-corrected chi connectivity index (χ0v) is 7.42. The van der Waals surface area contributed by atoms with Crippen LogP contribution in [-0.4, -0.2) is 22.9 Å². The maximum absolute atomic E-state index is 9.43. The highest BCUT2D eigenvalue weighted by Crippen LogP contribution is 2.19. The summed E-state index contributed by atoms with van der Waals surface area (Å²) in [6.45, 7) is 3.08. The molecule has 1 N–H and O–H groups in total. The van der Waals surface area contributed by atoms with E-state index in [1.54, 1.807) is 5.06 Å². The number of rotatable bonds is 3. The van der Waals surface area contributed by atoms with Gasteiger partial charge in [0.25, 0.3) is 0 Å². The van der Waals surface area contributed by atoms with Crippen molar-refractivity contribution in [2.45, 2.75) is 51.5 Å². The second-order valence-electron chi connectivity index (χ2n) is 3.45. The van der Waals surface area contributed by atoms with E-state index in [4.69, 9.17) is 0 Å². The van der Waals surface area contributed by atoms with E-state index in [9.17, 15) is 5.21 Å². The Labute approximate surface area is 69.2 Å². The van der Waals surface area contributed by atoms with Gasteiger partial charge in [0.2, 0.25) is 0 Å². The molecule has 0 bridgehead atoms. The van der Waals surface area contributed by atoms with Gasteiger partial charge in [-0.1, -0.05) is 26.2 Å². The lowest BCUT2D eigenvalue weighted by Crippen LogP contribution is -2.36. The van der Waals surface area contributed by atoms with Crippen LogP contribution >= 0.6 is 0 Å². The quantitative estimate of drug-likeness (QED) is 0.680. The summed E-state index contributed by atoms with van der Waals surface area (Å²) in [6, 6.07) is 0.462. The summed E-state index contributed by atoms with van der Waals surface area (Å²) < 4.78 is 0. The Kier molecular flexibility index (Phi) is 3.87. The van der Waals surface area contributed by atoms with Gasteiger partial charge >= 0.3 is 0 Å². The number of unbranched alkanes of at least 4 members (excludes halogenated alkanes) is 1. The fourth-order valence-electron chi connectivity index (χ4n) is 1.72. The molecule has 1 saturated heterocycles. The van der Waals surface area contributed by atoms with Crippen molar-refractivity contribution in [3.63, 3.8) is 0 Å². The molecule has 0 aromatic rings. The summed E-state index contributed by atoms with van der Waals surface area (Å²) in [5, 5.41) is 11.0. The average Bonchev–Trinajstić information content (AvgIpc) is 2.03. The highest BCUT2D eigenvalue weighted by atomic mass is 16.5. The molecular formula is C9H19NO. The first-order valence-corrected chi connectivity index (χ1v) is 4.80. The summed E-state index contributed by atoms with van der Waals surface area (Å²) in [6.07, 6.45) is 7.32. The minimum atomic E-state index is 0.462. The fourth-order valence-corrected chi connectivity index (χ4v) is 1.72. The highest BCUT2D eigenvalue weighted by molar-refractivity contribution is 4.70. The summed E-state index contributed by atoms with van der Waals surface area (Å²) in [5.74, 6) is 0. The highest BCUT2D eigenvalue weighted by Gasteiger charge is 2.19. The first-order chi connectivity index (χ1) is 5.34. The third kappa shape index (κ3) is 2.80. The van der Waals surface area contributed by atoms with E-state index in [1.807, 2.05) is 0 Å². The van der Waals surface area contributed by atoms with E-state index < -0.39 is 0 Å². The van der Waals surface area contributed by atoms with Crippen LogP contribution in [0.2, 0.25) is 0 Å². The van der Waals surface area contributed by atoms with Gasteiger partial charge in [0, 0.05) is 12.6 Å². The van der Waals surface area contributed by atoms with Gasteiger partial charge in [-0.15, -0.1) is 0 Å². The van der Waals surface area contributed by atoms with Crippen molar-refractivity contribution < 1.29 is 5.21 Å². The van der Waals surface area contributed by atoms with Crippen LogP contribution in [0.4, 0.5) is 0 Å². The monoisotopic (exact) mass is 157 g/mol. The molecule has 0 aromatic carbocycles. The Hall–Kier alpha value is -0.0800. The van der Waals surface area contributed by atoms with Gasteiger partial charge in [0.1, 0.15) is 0 Å². The van der Waals surface area contributed by atoms with Crippen LogP contribution < -0.4 is 0 Å². The fraction of sp³-hybridized carbons (Fsp3) is 1.00. The molecule has 0 aliphatic carbocycles. The standard InChI is InChI=1S/C9H19NO/c1-2-3-6-9-7-4-5-8-10(9)11/h9,11H,2-8H2,1H3. The summed E-state index contributed by atoms with van der Waals surface area (Å²) in [4.78, 5) is 0. The Bertz CT molecular complexity index is 106. The van der Waals surface area contributed by atoms with E-state index >= 15 is 0 Å². The number of nitrogens with zero attached hydrogens (tertiary/aromatic N) is 1. The molecule has 66 valence electrons. The summed E-state index contributed by atoms with van der Waals surface area (Å²) in [5.41, 5.74) is 0. The van der Waals surface area contributed by atoms with E-state index in [1.165, 1.54) is 38.5 Å². The molecule has 1 atom stereocenters. The lowest BCUT2D eigenvalue weighted by Gasteiger charge is -2.30. The molecule has 0 radical (unpaired) electrons. The molecule has 0 amide bonds. The van der Waals surface area contributed by atoms with Gasteiger partial charge in [-0.25, -0.2) is 0 Å². The Morgan fingerprint density at radius 1 is 1.45 bits per heavy atom. The van der Waals surface area contributed by atoms with Crippen molar-refractivity contribution in [2.24, 2.45) is 0 Å². The van der Waals surface area contributed by atoms with Crippen molar-refractivity contribution in [2.75, 3.05) is 6.54 Å². The largest absolute Gasteiger partial charge is 0.314 e. The molecule has 1 rings (SSSR count).